The zero-order valence-corrected chi connectivity index (χ0v) is 15.3. The summed E-state index contributed by atoms with van der Waals surface area (Å²) in [6.45, 7) is 3.11. The minimum atomic E-state index is -4.61. The second kappa shape index (κ2) is 6.91. The summed E-state index contributed by atoms with van der Waals surface area (Å²) < 4.78 is 41.1. The van der Waals surface area contributed by atoms with Crippen molar-refractivity contribution in [3.05, 3.63) is 41.1 Å². The second-order valence-corrected chi connectivity index (χ2v) is 6.00. The monoisotopic (exact) mass is 390 g/mol. The molecule has 0 amide bonds. The van der Waals surface area contributed by atoms with E-state index < -0.39 is 11.9 Å². The Morgan fingerprint density at radius 3 is 2.54 bits per heavy atom. The average Bonchev–Trinajstić information content (AvgIpc) is 3.00. The van der Waals surface area contributed by atoms with Crippen molar-refractivity contribution in [1.29, 1.82) is 0 Å². The number of anilines is 1. The number of fused-ring (bicyclic) bond motifs is 1. The number of aliphatic imine (C=N–C) groups is 1. The quantitative estimate of drug-likeness (QED) is 0.663. The topological polar surface area (TPSA) is 120 Å². The number of halogens is 3. The molecule has 0 fully saturated rings. The third kappa shape index (κ3) is 3.50. The van der Waals surface area contributed by atoms with Crippen LogP contribution >= 0.6 is 0 Å². The molecule has 0 unspecified atom stereocenters. The van der Waals surface area contributed by atoms with Crippen LogP contribution in [0.25, 0.3) is 22.5 Å². The van der Waals surface area contributed by atoms with E-state index in [1.54, 1.807) is 14.0 Å². The predicted molar refractivity (Wildman–Crippen MR) is 99.5 cm³/mol. The summed E-state index contributed by atoms with van der Waals surface area (Å²) >= 11 is 0. The maximum absolute atomic E-state index is 13.3. The fourth-order valence-electron chi connectivity index (χ4n) is 2.73. The van der Waals surface area contributed by atoms with Gasteiger partial charge in [0, 0.05) is 19.0 Å². The first-order chi connectivity index (χ1) is 13.1. The van der Waals surface area contributed by atoms with Crippen molar-refractivity contribution in [2.24, 2.45) is 10.7 Å². The van der Waals surface area contributed by atoms with Crippen LogP contribution in [0.1, 0.15) is 22.9 Å². The van der Waals surface area contributed by atoms with Crippen LogP contribution in [0.5, 0.6) is 0 Å². The Bertz CT molecular complexity index is 1110. The van der Waals surface area contributed by atoms with E-state index in [-0.39, 0.29) is 39.8 Å². The molecule has 0 radical (unpaired) electrons. The smallest absolute Gasteiger partial charge is 0.397 e. The highest BCUT2D eigenvalue weighted by Gasteiger charge is 2.33. The Morgan fingerprint density at radius 2 is 1.89 bits per heavy atom. The fourth-order valence-corrected chi connectivity index (χ4v) is 2.73. The van der Waals surface area contributed by atoms with Gasteiger partial charge in [-0.15, -0.1) is 5.10 Å². The van der Waals surface area contributed by atoms with Crippen LogP contribution < -0.4 is 11.5 Å². The number of pyridine rings is 1. The molecule has 3 rings (SSSR count). The molecule has 0 aromatic carbocycles. The van der Waals surface area contributed by atoms with Gasteiger partial charge in [0.15, 0.2) is 5.65 Å². The van der Waals surface area contributed by atoms with E-state index in [1.807, 2.05) is 0 Å². The molecule has 0 saturated carbocycles. The minimum absolute atomic E-state index is 0.000889. The van der Waals surface area contributed by atoms with Gasteiger partial charge >= 0.3 is 6.18 Å². The van der Waals surface area contributed by atoms with Gasteiger partial charge < -0.3 is 11.5 Å². The van der Waals surface area contributed by atoms with E-state index in [1.165, 1.54) is 29.8 Å². The lowest BCUT2D eigenvalue weighted by atomic mass is 10.0. The Morgan fingerprint density at radius 1 is 1.18 bits per heavy atom. The van der Waals surface area contributed by atoms with E-state index in [4.69, 9.17) is 11.5 Å². The molecule has 3 heterocycles. The number of hydrogen-bond acceptors (Lipinski definition) is 7. The Balaban J connectivity index is 2.42. The molecule has 0 aliphatic heterocycles. The van der Waals surface area contributed by atoms with Gasteiger partial charge in [0.2, 0.25) is 5.95 Å². The molecule has 8 nitrogen and oxygen atoms in total. The molecule has 11 heteroatoms. The number of hydrogen-bond donors (Lipinski definition) is 2. The standard InChI is InChI=1S/C17H17F3N8/c1-8-6-10(7-12(24-8)17(18,19)20)13-14(11(21)4-5-23-3)26-16(22)28-15(13)25-9(2)27-28/h4-7H,21H2,1-3H3,(H2,22,26). The predicted octanol–water partition coefficient (Wildman–Crippen LogP) is 2.40. The molecular weight excluding hydrogens is 373 g/mol. The minimum Gasteiger partial charge on any atom is -0.397 e. The van der Waals surface area contributed by atoms with Crippen LogP contribution in [0.2, 0.25) is 0 Å². The van der Waals surface area contributed by atoms with Crippen LogP contribution in [0.15, 0.2) is 23.2 Å². The Kier molecular flexibility index (Phi) is 4.75. The SMILES string of the molecule is CN=CC=C(N)c1nc(N)n2nc(C)nc2c1-c1cc(C)nc(C(F)(F)F)c1. The Labute approximate surface area is 157 Å². The number of aromatic nitrogens is 5. The lowest BCUT2D eigenvalue weighted by molar-refractivity contribution is -0.141. The molecule has 0 aliphatic rings. The first-order valence-corrected chi connectivity index (χ1v) is 8.09. The lowest BCUT2D eigenvalue weighted by Crippen LogP contribution is -2.12. The number of nitrogens with two attached hydrogens (primary N) is 2. The largest absolute Gasteiger partial charge is 0.433 e. The van der Waals surface area contributed by atoms with Crippen molar-refractivity contribution >= 4 is 23.5 Å². The van der Waals surface area contributed by atoms with Gasteiger partial charge in [-0.25, -0.2) is 15.0 Å². The zero-order valence-electron chi connectivity index (χ0n) is 15.3. The summed E-state index contributed by atoms with van der Waals surface area (Å²) in [6, 6.07) is 2.42. The van der Waals surface area contributed by atoms with E-state index in [9.17, 15) is 13.2 Å². The second-order valence-electron chi connectivity index (χ2n) is 6.00. The summed E-state index contributed by atoms with van der Waals surface area (Å²) in [5.74, 6) is 0.382. The molecule has 0 bridgehead atoms. The maximum atomic E-state index is 13.3. The summed E-state index contributed by atoms with van der Waals surface area (Å²) in [4.78, 5) is 16.0. The normalized spacial score (nSPS) is 13.0. The Hall–Kier alpha value is -3.50. The molecule has 146 valence electrons. The molecule has 0 spiro atoms. The summed E-state index contributed by atoms with van der Waals surface area (Å²) in [7, 11) is 1.55. The summed E-state index contributed by atoms with van der Waals surface area (Å²) in [5, 5.41) is 4.15. The van der Waals surface area contributed by atoms with Crippen molar-refractivity contribution in [3.8, 4) is 11.1 Å². The summed E-state index contributed by atoms with van der Waals surface area (Å²) in [6.07, 6.45) is -1.70. The number of allylic oxidation sites excluding steroid dienone is 1. The van der Waals surface area contributed by atoms with E-state index in [0.29, 0.717) is 5.82 Å². The van der Waals surface area contributed by atoms with Gasteiger partial charge in [-0.05, 0) is 37.6 Å². The van der Waals surface area contributed by atoms with E-state index >= 15 is 0 Å². The van der Waals surface area contributed by atoms with Crippen LogP contribution in [0.3, 0.4) is 0 Å². The van der Waals surface area contributed by atoms with Crippen LogP contribution in [0.4, 0.5) is 19.1 Å². The number of aryl methyl sites for hydroxylation is 2. The van der Waals surface area contributed by atoms with Crippen molar-refractivity contribution in [2.75, 3.05) is 12.8 Å². The molecule has 0 aliphatic carbocycles. The van der Waals surface area contributed by atoms with Crippen LogP contribution in [-0.2, 0) is 6.18 Å². The van der Waals surface area contributed by atoms with Gasteiger partial charge in [0.1, 0.15) is 17.2 Å². The number of nitrogen functional groups attached to an aromatic ring is 1. The highest BCUT2D eigenvalue weighted by molar-refractivity contribution is 5.92. The van der Waals surface area contributed by atoms with Gasteiger partial charge in [-0.1, -0.05) is 0 Å². The molecule has 0 atom stereocenters. The molecular formula is C17H17F3N8. The van der Waals surface area contributed by atoms with E-state index in [0.717, 1.165) is 6.07 Å². The number of nitrogens with zero attached hydrogens (tertiary/aromatic N) is 6. The van der Waals surface area contributed by atoms with Gasteiger partial charge in [0.25, 0.3) is 0 Å². The third-order valence-corrected chi connectivity index (χ3v) is 3.83. The fraction of sp³-hybridized carbons (Fsp3) is 0.235. The van der Waals surface area contributed by atoms with E-state index in [2.05, 4.69) is 25.0 Å². The van der Waals surface area contributed by atoms with Crippen LogP contribution in [-0.4, -0.2) is 37.8 Å². The average molecular weight is 390 g/mol. The lowest BCUT2D eigenvalue weighted by Gasteiger charge is -2.14. The van der Waals surface area contributed by atoms with Crippen molar-refractivity contribution in [2.45, 2.75) is 20.0 Å². The molecule has 3 aromatic rings. The highest BCUT2D eigenvalue weighted by Crippen LogP contribution is 2.35. The molecule has 0 saturated heterocycles. The molecule has 4 N–H and O–H groups in total. The van der Waals surface area contributed by atoms with Crippen LogP contribution in [0, 0.1) is 13.8 Å². The maximum Gasteiger partial charge on any atom is 0.433 e. The molecule has 28 heavy (non-hydrogen) atoms. The molecule has 3 aromatic heterocycles. The van der Waals surface area contributed by atoms with Gasteiger partial charge in [-0.3, -0.25) is 4.99 Å². The van der Waals surface area contributed by atoms with Crippen molar-refractivity contribution < 1.29 is 13.2 Å². The van der Waals surface area contributed by atoms with Gasteiger partial charge in [-0.2, -0.15) is 17.7 Å². The third-order valence-electron chi connectivity index (χ3n) is 3.83. The van der Waals surface area contributed by atoms with Crippen molar-refractivity contribution in [1.82, 2.24) is 24.6 Å². The van der Waals surface area contributed by atoms with Crippen molar-refractivity contribution in [3.63, 3.8) is 0 Å². The highest BCUT2D eigenvalue weighted by atomic mass is 19.4. The first kappa shape index (κ1) is 19.3. The summed E-state index contributed by atoms with van der Waals surface area (Å²) in [5.41, 5.74) is 12.3. The van der Waals surface area contributed by atoms with Gasteiger partial charge in [0.05, 0.1) is 11.3 Å². The number of alkyl halides is 3. The first-order valence-electron chi connectivity index (χ1n) is 8.09. The number of rotatable bonds is 3. The zero-order chi connectivity index (χ0) is 20.6.